The second-order valence-electron chi connectivity index (χ2n) is 6.46. The first-order chi connectivity index (χ1) is 9.47. The summed E-state index contributed by atoms with van der Waals surface area (Å²) in [5.41, 5.74) is 0. The Hall–Kier alpha value is -0.610. The van der Waals surface area contributed by atoms with Crippen LogP contribution < -0.4 is 10.6 Å². The van der Waals surface area contributed by atoms with Crippen LogP contribution in [0, 0.1) is 5.92 Å². The minimum atomic E-state index is -0.0276. The molecule has 1 rings (SSSR count). The Balaban J connectivity index is 2.61. The highest BCUT2D eigenvalue weighted by Gasteiger charge is 2.32. The molecule has 0 bridgehead atoms. The van der Waals surface area contributed by atoms with Crippen LogP contribution in [0.1, 0.15) is 53.9 Å². The number of likely N-dealkylation sites (N-methyl/N-ethyl adjacent to an activating group) is 1. The summed E-state index contributed by atoms with van der Waals surface area (Å²) in [5, 5.41) is 6.59. The summed E-state index contributed by atoms with van der Waals surface area (Å²) in [4.78, 5) is 14.7. The average Bonchev–Trinajstić information content (AvgIpc) is 2.44. The molecule has 0 saturated carbocycles. The molecule has 0 aromatic rings. The van der Waals surface area contributed by atoms with Gasteiger partial charge in [-0.05, 0) is 45.7 Å². The summed E-state index contributed by atoms with van der Waals surface area (Å²) in [6.45, 7) is 13.5. The van der Waals surface area contributed by atoms with Crippen molar-refractivity contribution in [3.05, 3.63) is 0 Å². The number of carbonyl (C=O) groups excluding carboxylic acids is 1. The van der Waals surface area contributed by atoms with Gasteiger partial charge in [0.1, 0.15) is 0 Å². The zero-order chi connectivity index (χ0) is 15.1. The topological polar surface area (TPSA) is 44.4 Å². The Bertz CT molecular complexity index is 293. The molecular formula is C16H33N3O. The minimum Gasteiger partial charge on any atom is -0.354 e. The zero-order valence-corrected chi connectivity index (χ0v) is 13.9. The molecule has 0 radical (unpaired) electrons. The fraction of sp³-hybridized carbons (Fsp3) is 0.938. The maximum Gasteiger partial charge on any atom is 0.237 e. The van der Waals surface area contributed by atoms with Crippen LogP contribution in [0.3, 0.4) is 0 Å². The van der Waals surface area contributed by atoms with E-state index in [2.05, 4.69) is 43.2 Å². The van der Waals surface area contributed by atoms with Gasteiger partial charge in [0.15, 0.2) is 0 Å². The van der Waals surface area contributed by atoms with Crippen LogP contribution in [0.2, 0.25) is 0 Å². The van der Waals surface area contributed by atoms with Gasteiger partial charge in [-0.15, -0.1) is 0 Å². The van der Waals surface area contributed by atoms with E-state index >= 15 is 0 Å². The lowest BCUT2D eigenvalue weighted by Crippen LogP contribution is -2.57. The third-order valence-corrected chi connectivity index (χ3v) is 4.26. The van der Waals surface area contributed by atoms with Crippen molar-refractivity contribution < 1.29 is 4.79 Å². The van der Waals surface area contributed by atoms with Crippen LogP contribution in [0.25, 0.3) is 0 Å². The van der Waals surface area contributed by atoms with E-state index in [1.807, 2.05) is 6.92 Å². The monoisotopic (exact) mass is 283 g/mol. The third kappa shape index (κ3) is 5.06. The predicted octanol–water partition coefficient (Wildman–Crippen LogP) is 2.00. The predicted molar refractivity (Wildman–Crippen MR) is 84.8 cm³/mol. The van der Waals surface area contributed by atoms with Crippen molar-refractivity contribution in [3.63, 3.8) is 0 Å². The molecule has 0 aromatic heterocycles. The molecule has 0 spiro atoms. The second-order valence-corrected chi connectivity index (χ2v) is 6.46. The molecule has 1 aliphatic heterocycles. The number of hydrogen-bond donors (Lipinski definition) is 2. The molecule has 1 saturated heterocycles. The van der Waals surface area contributed by atoms with Gasteiger partial charge in [-0.25, -0.2) is 0 Å². The van der Waals surface area contributed by atoms with Crippen molar-refractivity contribution in [3.8, 4) is 0 Å². The lowest BCUT2D eigenvalue weighted by atomic mass is 9.94. The van der Waals surface area contributed by atoms with Crippen LogP contribution in [-0.4, -0.2) is 48.6 Å². The van der Waals surface area contributed by atoms with Gasteiger partial charge in [0, 0.05) is 18.6 Å². The number of piperidine rings is 1. The number of hydrogen-bond acceptors (Lipinski definition) is 3. The number of rotatable bonds is 7. The van der Waals surface area contributed by atoms with Gasteiger partial charge in [0.2, 0.25) is 5.91 Å². The van der Waals surface area contributed by atoms with Gasteiger partial charge in [0.05, 0.1) is 6.04 Å². The largest absolute Gasteiger partial charge is 0.354 e. The highest BCUT2D eigenvalue weighted by Crippen LogP contribution is 2.22. The summed E-state index contributed by atoms with van der Waals surface area (Å²) in [5.74, 6) is 0.679. The summed E-state index contributed by atoms with van der Waals surface area (Å²) in [7, 11) is 0. The zero-order valence-electron chi connectivity index (χ0n) is 13.9. The van der Waals surface area contributed by atoms with Crippen LogP contribution in [0.15, 0.2) is 0 Å². The summed E-state index contributed by atoms with van der Waals surface area (Å²) in [6, 6.07) is 0.893. The van der Waals surface area contributed by atoms with Crippen LogP contribution in [-0.2, 0) is 4.79 Å². The van der Waals surface area contributed by atoms with Gasteiger partial charge in [-0.1, -0.05) is 27.2 Å². The summed E-state index contributed by atoms with van der Waals surface area (Å²) in [6.07, 6.45) is 3.67. The smallest absolute Gasteiger partial charge is 0.237 e. The van der Waals surface area contributed by atoms with Crippen LogP contribution in [0.4, 0.5) is 0 Å². The standard InChI is InChI=1S/C16H33N3O/c1-6-17-13(4)15-9-7-8-10-19(15)14(5)16(20)18-11-12(2)3/h12-15,17H,6-11H2,1-5H3,(H,18,20). The molecule has 4 nitrogen and oxygen atoms in total. The van der Waals surface area contributed by atoms with Gasteiger partial charge in [0.25, 0.3) is 0 Å². The first kappa shape index (κ1) is 17.4. The highest BCUT2D eigenvalue weighted by atomic mass is 16.2. The minimum absolute atomic E-state index is 0.0276. The number of likely N-dealkylation sites (tertiary alicyclic amines) is 1. The molecule has 2 N–H and O–H groups in total. The number of carbonyl (C=O) groups is 1. The first-order valence-electron chi connectivity index (χ1n) is 8.24. The molecule has 0 aliphatic carbocycles. The van der Waals surface area contributed by atoms with E-state index in [0.717, 1.165) is 19.6 Å². The van der Waals surface area contributed by atoms with Crippen molar-refractivity contribution >= 4 is 5.91 Å². The quantitative estimate of drug-likeness (QED) is 0.751. The molecule has 0 aromatic carbocycles. The van der Waals surface area contributed by atoms with Gasteiger partial charge >= 0.3 is 0 Å². The van der Waals surface area contributed by atoms with Crippen molar-refractivity contribution in [2.75, 3.05) is 19.6 Å². The van der Waals surface area contributed by atoms with Gasteiger partial charge < -0.3 is 10.6 Å². The average molecular weight is 283 g/mol. The first-order valence-corrected chi connectivity index (χ1v) is 8.24. The van der Waals surface area contributed by atoms with Gasteiger partial charge in [-0.3, -0.25) is 9.69 Å². The van der Waals surface area contributed by atoms with E-state index in [4.69, 9.17) is 0 Å². The van der Waals surface area contributed by atoms with E-state index in [-0.39, 0.29) is 11.9 Å². The van der Waals surface area contributed by atoms with E-state index in [1.165, 1.54) is 19.3 Å². The Morgan fingerprint density at radius 2 is 1.95 bits per heavy atom. The lowest BCUT2D eigenvalue weighted by Gasteiger charge is -2.42. The molecule has 3 atom stereocenters. The molecule has 118 valence electrons. The van der Waals surface area contributed by atoms with E-state index in [1.54, 1.807) is 0 Å². The Morgan fingerprint density at radius 1 is 1.25 bits per heavy atom. The fourth-order valence-corrected chi connectivity index (χ4v) is 3.06. The van der Waals surface area contributed by atoms with Crippen molar-refractivity contribution in [2.45, 2.75) is 72.0 Å². The Morgan fingerprint density at radius 3 is 2.55 bits per heavy atom. The maximum atomic E-state index is 12.3. The molecule has 3 unspecified atom stereocenters. The molecule has 1 amide bonds. The summed E-state index contributed by atoms with van der Waals surface area (Å²) < 4.78 is 0. The van der Waals surface area contributed by atoms with E-state index in [0.29, 0.717) is 18.0 Å². The SMILES string of the molecule is CCNC(C)C1CCCCN1C(C)C(=O)NCC(C)C. The number of amides is 1. The maximum absolute atomic E-state index is 12.3. The number of nitrogens with zero attached hydrogens (tertiary/aromatic N) is 1. The molecule has 1 fully saturated rings. The molecule has 4 heteroatoms. The van der Waals surface area contributed by atoms with E-state index < -0.39 is 0 Å². The normalized spacial score (nSPS) is 23.6. The van der Waals surface area contributed by atoms with Crippen molar-refractivity contribution in [1.82, 2.24) is 15.5 Å². The lowest BCUT2D eigenvalue weighted by molar-refractivity contribution is -0.127. The highest BCUT2D eigenvalue weighted by molar-refractivity contribution is 5.81. The Kier molecular flexibility index (Phi) is 7.52. The number of nitrogens with one attached hydrogen (secondary N) is 2. The van der Waals surface area contributed by atoms with Crippen LogP contribution in [0.5, 0.6) is 0 Å². The molecule has 1 aliphatic rings. The summed E-state index contributed by atoms with van der Waals surface area (Å²) >= 11 is 0. The second kappa shape index (κ2) is 8.63. The molecular weight excluding hydrogens is 250 g/mol. The van der Waals surface area contributed by atoms with Crippen molar-refractivity contribution in [2.24, 2.45) is 5.92 Å². The van der Waals surface area contributed by atoms with E-state index in [9.17, 15) is 4.79 Å². The molecule has 1 heterocycles. The van der Waals surface area contributed by atoms with Gasteiger partial charge in [-0.2, -0.15) is 0 Å². The third-order valence-electron chi connectivity index (χ3n) is 4.26. The van der Waals surface area contributed by atoms with Crippen LogP contribution >= 0.6 is 0 Å². The molecule has 20 heavy (non-hydrogen) atoms. The fourth-order valence-electron chi connectivity index (χ4n) is 3.06. The van der Waals surface area contributed by atoms with Crippen molar-refractivity contribution in [1.29, 1.82) is 0 Å². The Labute approximate surface area is 124 Å².